The summed E-state index contributed by atoms with van der Waals surface area (Å²) in [4.78, 5) is 13.2. The average molecular weight is 161 g/mol. The molecule has 3 nitrogen and oxygen atoms in total. The minimum Gasteiger partial charge on any atom is -0.432 e. The molecule has 0 fully saturated rings. The van der Waals surface area contributed by atoms with Crippen LogP contribution in [0, 0.1) is 0 Å². The lowest BCUT2D eigenvalue weighted by molar-refractivity contribution is -0.0113. The number of alkyl halides is 2. The molecule has 0 aliphatic heterocycles. The maximum atomic E-state index is 12.3. The molecule has 5 heteroatoms. The quantitative estimate of drug-likeness (QED) is 0.618. The van der Waals surface area contributed by atoms with Crippen molar-refractivity contribution < 1.29 is 18.0 Å². The number of rotatable bonds is 2. The third-order valence-electron chi connectivity index (χ3n) is 1.02. The van der Waals surface area contributed by atoms with Gasteiger partial charge in [0, 0.05) is 6.92 Å². The van der Waals surface area contributed by atoms with Gasteiger partial charge in [-0.25, -0.2) is 4.98 Å². The van der Waals surface area contributed by atoms with Crippen molar-refractivity contribution in [1.82, 2.24) is 4.98 Å². The molecule has 0 amide bonds. The van der Waals surface area contributed by atoms with Crippen LogP contribution in [-0.4, -0.2) is 11.3 Å². The van der Waals surface area contributed by atoms with Gasteiger partial charge in [0.15, 0.2) is 12.0 Å². The highest BCUT2D eigenvalue weighted by Gasteiger charge is 2.30. The predicted molar refractivity (Wildman–Crippen MR) is 31.5 cm³/mol. The maximum Gasteiger partial charge on any atom is 0.319 e. The van der Waals surface area contributed by atoms with Gasteiger partial charge in [0.1, 0.15) is 0 Å². The first kappa shape index (κ1) is 7.84. The number of aromatic nitrogens is 1. The zero-order valence-corrected chi connectivity index (χ0v) is 5.67. The van der Waals surface area contributed by atoms with Crippen LogP contribution >= 0.6 is 0 Å². The predicted octanol–water partition coefficient (Wildman–Crippen LogP) is 1.60. The minimum atomic E-state index is -3.12. The van der Waals surface area contributed by atoms with Crippen molar-refractivity contribution in [1.29, 1.82) is 0 Å². The molecule has 1 heterocycles. The number of hydrogen-bond acceptors (Lipinski definition) is 3. The molecular formula is C6H5F2NO2. The standard InChI is InChI=1S/C6H5F2NO2/c1-6(7,8)5-9-2-4(3-10)11-5/h2-3H,1H3. The molecule has 0 aliphatic carbocycles. The Morgan fingerprint density at radius 2 is 2.36 bits per heavy atom. The first-order valence-corrected chi connectivity index (χ1v) is 2.83. The fraction of sp³-hybridized carbons (Fsp3) is 0.333. The Morgan fingerprint density at radius 1 is 1.73 bits per heavy atom. The molecule has 0 spiro atoms. The van der Waals surface area contributed by atoms with E-state index >= 15 is 0 Å². The second kappa shape index (κ2) is 2.41. The fourth-order valence-corrected chi connectivity index (χ4v) is 0.544. The first-order chi connectivity index (χ1) is 5.04. The van der Waals surface area contributed by atoms with Gasteiger partial charge in [0.2, 0.25) is 0 Å². The average Bonchev–Trinajstić information content (AvgIpc) is 2.32. The molecule has 0 radical (unpaired) electrons. The molecule has 0 atom stereocenters. The Balaban J connectivity index is 2.98. The summed E-state index contributed by atoms with van der Waals surface area (Å²) in [6.07, 6.45) is 1.28. The molecule has 60 valence electrons. The normalized spacial score (nSPS) is 11.5. The molecule has 0 aromatic carbocycles. The summed E-state index contributed by atoms with van der Waals surface area (Å²) < 4.78 is 29.0. The van der Waals surface area contributed by atoms with E-state index in [2.05, 4.69) is 9.40 Å². The molecule has 1 aromatic rings. The van der Waals surface area contributed by atoms with Crippen LogP contribution in [0.3, 0.4) is 0 Å². The van der Waals surface area contributed by atoms with E-state index in [0.29, 0.717) is 13.2 Å². The number of halogens is 2. The van der Waals surface area contributed by atoms with Gasteiger partial charge in [-0.3, -0.25) is 4.79 Å². The van der Waals surface area contributed by atoms with Crippen molar-refractivity contribution in [2.24, 2.45) is 0 Å². The van der Waals surface area contributed by atoms with Gasteiger partial charge in [-0.2, -0.15) is 8.78 Å². The van der Waals surface area contributed by atoms with Crippen LogP contribution in [-0.2, 0) is 5.92 Å². The summed E-state index contributed by atoms with van der Waals surface area (Å²) in [6.45, 7) is 0.646. The highest BCUT2D eigenvalue weighted by molar-refractivity contribution is 5.69. The van der Waals surface area contributed by atoms with Crippen LogP contribution in [0.25, 0.3) is 0 Å². The van der Waals surface area contributed by atoms with Gasteiger partial charge in [0.05, 0.1) is 6.20 Å². The van der Waals surface area contributed by atoms with Gasteiger partial charge in [-0.1, -0.05) is 0 Å². The molecule has 0 bridgehead atoms. The first-order valence-electron chi connectivity index (χ1n) is 2.83. The largest absolute Gasteiger partial charge is 0.432 e. The van der Waals surface area contributed by atoms with Crippen LogP contribution in [0.2, 0.25) is 0 Å². The summed E-state index contributed by atoms with van der Waals surface area (Å²) in [6, 6.07) is 0. The lowest BCUT2D eigenvalue weighted by atomic mass is 10.4. The molecule has 11 heavy (non-hydrogen) atoms. The molecule has 1 aromatic heterocycles. The van der Waals surface area contributed by atoms with Crippen LogP contribution in [0.1, 0.15) is 23.4 Å². The van der Waals surface area contributed by atoms with E-state index in [9.17, 15) is 13.6 Å². The topological polar surface area (TPSA) is 43.1 Å². The van der Waals surface area contributed by atoms with Gasteiger partial charge in [0.25, 0.3) is 5.89 Å². The van der Waals surface area contributed by atoms with E-state index < -0.39 is 11.8 Å². The van der Waals surface area contributed by atoms with Crippen LogP contribution < -0.4 is 0 Å². The van der Waals surface area contributed by atoms with Crippen molar-refractivity contribution >= 4 is 6.29 Å². The van der Waals surface area contributed by atoms with Gasteiger partial charge in [-0.15, -0.1) is 0 Å². The Morgan fingerprint density at radius 3 is 2.64 bits per heavy atom. The fourth-order valence-electron chi connectivity index (χ4n) is 0.544. The van der Waals surface area contributed by atoms with E-state index in [1.165, 1.54) is 0 Å². The van der Waals surface area contributed by atoms with Gasteiger partial charge >= 0.3 is 5.92 Å². The third-order valence-corrected chi connectivity index (χ3v) is 1.02. The van der Waals surface area contributed by atoms with Crippen LogP contribution in [0.15, 0.2) is 10.6 Å². The van der Waals surface area contributed by atoms with E-state index in [-0.39, 0.29) is 5.76 Å². The smallest absolute Gasteiger partial charge is 0.319 e. The molecule has 0 N–H and O–H groups in total. The zero-order chi connectivity index (χ0) is 8.48. The summed E-state index contributed by atoms with van der Waals surface area (Å²) in [5, 5.41) is 0. The summed E-state index contributed by atoms with van der Waals surface area (Å²) >= 11 is 0. The Labute approximate surface area is 61.0 Å². The van der Waals surface area contributed by atoms with Crippen LogP contribution in [0.4, 0.5) is 8.78 Å². The monoisotopic (exact) mass is 161 g/mol. The van der Waals surface area contributed by atoms with E-state index in [1.54, 1.807) is 0 Å². The number of aldehydes is 1. The highest BCUT2D eigenvalue weighted by atomic mass is 19.3. The summed E-state index contributed by atoms with van der Waals surface area (Å²) in [5.41, 5.74) is 0. The Hall–Kier alpha value is -1.26. The zero-order valence-electron chi connectivity index (χ0n) is 5.67. The van der Waals surface area contributed by atoms with Crippen molar-refractivity contribution in [3.63, 3.8) is 0 Å². The van der Waals surface area contributed by atoms with Crippen molar-refractivity contribution in [2.75, 3.05) is 0 Å². The van der Waals surface area contributed by atoms with E-state index in [0.717, 1.165) is 6.20 Å². The molecule has 0 aliphatic rings. The third kappa shape index (κ3) is 1.60. The second-order valence-electron chi connectivity index (χ2n) is 2.07. The lowest BCUT2D eigenvalue weighted by Crippen LogP contribution is -2.06. The highest BCUT2D eigenvalue weighted by Crippen LogP contribution is 2.25. The molecule has 0 saturated carbocycles. The van der Waals surface area contributed by atoms with Gasteiger partial charge in [-0.05, 0) is 0 Å². The lowest BCUT2D eigenvalue weighted by Gasteiger charge is -2.02. The van der Waals surface area contributed by atoms with Crippen molar-refractivity contribution in [2.45, 2.75) is 12.8 Å². The summed E-state index contributed by atoms with van der Waals surface area (Å²) in [5.74, 6) is -4.05. The molecular weight excluding hydrogens is 156 g/mol. The number of carbonyl (C=O) groups excluding carboxylic acids is 1. The maximum absolute atomic E-state index is 12.3. The van der Waals surface area contributed by atoms with E-state index in [4.69, 9.17) is 0 Å². The number of carbonyl (C=O) groups is 1. The SMILES string of the molecule is CC(F)(F)c1ncc(C=O)o1. The van der Waals surface area contributed by atoms with Gasteiger partial charge < -0.3 is 4.42 Å². The number of nitrogens with zero attached hydrogens (tertiary/aromatic N) is 1. The summed E-state index contributed by atoms with van der Waals surface area (Å²) in [7, 11) is 0. The Bertz CT molecular complexity index is 264. The van der Waals surface area contributed by atoms with Crippen molar-refractivity contribution in [3.05, 3.63) is 17.8 Å². The number of oxazole rings is 1. The van der Waals surface area contributed by atoms with Crippen LogP contribution in [0.5, 0.6) is 0 Å². The molecule has 1 rings (SSSR count). The van der Waals surface area contributed by atoms with Crippen molar-refractivity contribution in [3.8, 4) is 0 Å². The Kier molecular flexibility index (Phi) is 1.72. The molecule has 0 unspecified atom stereocenters. The van der Waals surface area contributed by atoms with E-state index in [1.807, 2.05) is 0 Å². The minimum absolute atomic E-state index is 0.193. The second-order valence-corrected chi connectivity index (χ2v) is 2.07. The molecule has 0 saturated heterocycles. The number of hydrogen-bond donors (Lipinski definition) is 0.